The van der Waals surface area contributed by atoms with Crippen LogP contribution in [0, 0.1) is 6.92 Å². The molecule has 0 unspecified atom stereocenters. The van der Waals surface area contributed by atoms with Crippen molar-refractivity contribution in [3.05, 3.63) is 41.2 Å². The molecule has 1 aliphatic carbocycles. The number of fused-ring (bicyclic) bond motifs is 1. The Kier molecular flexibility index (Phi) is 5.25. The van der Waals surface area contributed by atoms with E-state index in [2.05, 4.69) is 14.9 Å². The summed E-state index contributed by atoms with van der Waals surface area (Å²) in [4.78, 5) is 11.2. The second-order valence-corrected chi connectivity index (χ2v) is 9.28. The van der Waals surface area contributed by atoms with Crippen molar-refractivity contribution in [2.75, 3.05) is 38.2 Å². The molecule has 0 atom stereocenters. The van der Waals surface area contributed by atoms with Crippen LogP contribution < -0.4 is 9.64 Å². The van der Waals surface area contributed by atoms with Gasteiger partial charge in [0.15, 0.2) is 0 Å². The molecule has 1 fully saturated rings. The average Bonchev–Trinajstić information content (AvgIpc) is 2.73. The summed E-state index contributed by atoms with van der Waals surface area (Å²) in [5.41, 5.74) is 2.48. The van der Waals surface area contributed by atoms with Gasteiger partial charge in [-0.1, -0.05) is 6.07 Å². The zero-order chi connectivity index (χ0) is 19.7. The van der Waals surface area contributed by atoms with Gasteiger partial charge in [-0.15, -0.1) is 0 Å². The number of rotatable bonds is 4. The summed E-state index contributed by atoms with van der Waals surface area (Å²) in [6.45, 7) is 3.87. The molecule has 1 aliphatic heterocycles. The van der Waals surface area contributed by atoms with Crippen molar-refractivity contribution in [3.63, 3.8) is 0 Å². The highest BCUT2D eigenvalue weighted by molar-refractivity contribution is 7.89. The SMILES string of the molecule is COc1cc(N2CCN(S(=O)(=O)c3ccc4c(c3)CCCC4)CC2)nc(C)n1. The Morgan fingerprint density at radius 2 is 1.68 bits per heavy atom. The summed E-state index contributed by atoms with van der Waals surface area (Å²) >= 11 is 0. The summed E-state index contributed by atoms with van der Waals surface area (Å²) in [5.74, 6) is 1.93. The van der Waals surface area contributed by atoms with Crippen molar-refractivity contribution >= 4 is 15.8 Å². The molecule has 0 radical (unpaired) electrons. The van der Waals surface area contributed by atoms with E-state index in [4.69, 9.17) is 4.74 Å². The van der Waals surface area contributed by atoms with Crippen LogP contribution in [0.4, 0.5) is 5.82 Å². The molecule has 28 heavy (non-hydrogen) atoms. The van der Waals surface area contributed by atoms with E-state index in [1.807, 2.05) is 19.1 Å². The zero-order valence-electron chi connectivity index (χ0n) is 16.4. The Bertz CT molecular complexity index is 969. The number of ether oxygens (including phenoxy) is 1. The highest BCUT2D eigenvalue weighted by Gasteiger charge is 2.30. The van der Waals surface area contributed by atoms with E-state index in [1.165, 1.54) is 17.5 Å². The lowest BCUT2D eigenvalue weighted by molar-refractivity contribution is 0.380. The first-order valence-electron chi connectivity index (χ1n) is 9.74. The van der Waals surface area contributed by atoms with Gasteiger partial charge in [0.25, 0.3) is 0 Å². The van der Waals surface area contributed by atoms with Crippen molar-refractivity contribution < 1.29 is 13.2 Å². The minimum Gasteiger partial charge on any atom is -0.481 e. The summed E-state index contributed by atoms with van der Waals surface area (Å²) < 4.78 is 33.1. The lowest BCUT2D eigenvalue weighted by atomic mass is 9.92. The standard InChI is InChI=1S/C20H26N4O3S/c1-15-21-19(14-20(22-15)27-2)23-9-11-24(12-10-23)28(25,26)18-8-7-16-5-3-4-6-17(16)13-18/h7-8,13-14H,3-6,9-12H2,1-2H3. The van der Waals surface area contributed by atoms with Gasteiger partial charge in [0, 0.05) is 32.2 Å². The van der Waals surface area contributed by atoms with Crippen molar-refractivity contribution in [1.29, 1.82) is 0 Å². The van der Waals surface area contributed by atoms with Crippen LogP contribution in [-0.4, -0.2) is 56.0 Å². The van der Waals surface area contributed by atoms with Crippen LogP contribution in [0.15, 0.2) is 29.2 Å². The number of methoxy groups -OCH3 is 1. The van der Waals surface area contributed by atoms with Crippen molar-refractivity contribution in [2.24, 2.45) is 0 Å². The van der Waals surface area contributed by atoms with Gasteiger partial charge >= 0.3 is 0 Å². The third-order valence-corrected chi connectivity index (χ3v) is 7.43. The average molecular weight is 403 g/mol. The van der Waals surface area contributed by atoms with Gasteiger partial charge < -0.3 is 9.64 Å². The van der Waals surface area contributed by atoms with E-state index in [9.17, 15) is 8.42 Å². The smallest absolute Gasteiger partial charge is 0.243 e. The van der Waals surface area contributed by atoms with Crippen LogP contribution in [0.25, 0.3) is 0 Å². The molecule has 2 heterocycles. The number of aromatic nitrogens is 2. The lowest BCUT2D eigenvalue weighted by Gasteiger charge is -2.35. The number of hydrogen-bond acceptors (Lipinski definition) is 6. The predicted octanol–water partition coefficient (Wildman–Crippen LogP) is 2.18. The van der Waals surface area contributed by atoms with Gasteiger partial charge in [0.1, 0.15) is 11.6 Å². The molecule has 4 rings (SSSR count). The summed E-state index contributed by atoms with van der Waals surface area (Å²) in [5, 5.41) is 0. The minimum absolute atomic E-state index is 0.418. The zero-order valence-corrected chi connectivity index (χ0v) is 17.2. The molecule has 150 valence electrons. The van der Waals surface area contributed by atoms with E-state index < -0.39 is 10.0 Å². The monoisotopic (exact) mass is 402 g/mol. The van der Waals surface area contributed by atoms with Crippen LogP contribution in [0.2, 0.25) is 0 Å². The van der Waals surface area contributed by atoms with Gasteiger partial charge in [-0.05, 0) is 55.9 Å². The van der Waals surface area contributed by atoms with E-state index in [0.717, 1.165) is 25.1 Å². The third-order valence-electron chi connectivity index (χ3n) is 5.53. The second-order valence-electron chi connectivity index (χ2n) is 7.34. The van der Waals surface area contributed by atoms with Crippen molar-refractivity contribution in [3.8, 4) is 5.88 Å². The molecular formula is C20H26N4O3S. The number of anilines is 1. The molecule has 2 aliphatic rings. The number of piperazine rings is 1. The maximum Gasteiger partial charge on any atom is 0.243 e. The largest absolute Gasteiger partial charge is 0.481 e. The normalized spacial score (nSPS) is 18.0. The Labute approximate surface area is 166 Å². The number of benzene rings is 1. The number of nitrogens with zero attached hydrogens (tertiary/aromatic N) is 4. The lowest BCUT2D eigenvalue weighted by Crippen LogP contribution is -2.49. The highest BCUT2D eigenvalue weighted by Crippen LogP contribution is 2.27. The fourth-order valence-electron chi connectivity index (χ4n) is 3.97. The number of aryl methyl sites for hydroxylation is 3. The van der Waals surface area contributed by atoms with Gasteiger partial charge in [0.2, 0.25) is 15.9 Å². The molecule has 0 N–H and O–H groups in total. The Morgan fingerprint density at radius 1 is 0.964 bits per heavy atom. The Morgan fingerprint density at radius 3 is 2.39 bits per heavy atom. The summed E-state index contributed by atoms with van der Waals surface area (Å²) in [7, 11) is -1.89. The van der Waals surface area contributed by atoms with Crippen LogP contribution in [0.3, 0.4) is 0 Å². The highest BCUT2D eigenvalue weighted by atomic mass is 32.2. The molecule has 0 spiro atoms. The van der Waals surface area contributed by atoms with E-state index in [0.29, 0.717) is 42.8 Å². The number of sulfonamides is 1. The molecule has 0 saturated carbocycles. The fourth-order valence-corrected chi connectivity index (χ4v) is 5.44. The van der Waals surface area contributed by atoms with Crippen molar-refractivity contribution in [2.45, 2.75) is 37.5 Å². The van der Waals surface area contributed by atoms with E-state index >= 15 is 0 Å². The molecular weight excluding hydrogens is 376 g/mol. The predicted molar refractivity (Wildman–Crippen MR) is 107 cm³/mol. The van der Waals surface area contributed by atoms with Crippen LogP contribution >= 0.6 is 0 Å². The summed E-state index contributed by atoms with van der Waals surface area (Å²) in [6.07, 6.45) is 4.35. The Balaban J connectivity index is 1.49. The molecule has 8 heteroatoms. The number of hydrogen-bond donors (Lipinski definition) is 0. The fraction of sp³-hybridized carbons (Fsp3) is 0.500. The van der Waals surface area contributed by atoms with E-state index in [1.54, 1.807) is 23.5 Å². The maximum atomic E-state index is 13.1. The van der Waals surface area contributed by atoms with Crippen LogP contribution in [0.5, 0.6) is 5.88 Å². The quantitative estimate of drug-likeness (QED) is 0.780. The first-order chi connectivity index (χ1) is 13.5. The molecule has 1 saturated heterocycles. The third kappa shape index (κ3) is 3.71. The molecule has 1 aromatic carbocycles. The van der Waals surface area contributed by atoms with Crippen LogP contribution in [0.1, 0.15) is 29.8 Å². The summed E-state index contributed by atoms with van der Waals surface area (Å²) in [6, 6.07) is 7.44. The molecule has 1 aromatic heterocycles. The Hall–Kier alpha value is -2.19. The van der Waals surface area contributed by atoms with Crippen molar-refractivity contribution in [1.82, 2.24) is 14.3 Å². The minimum atomic E-state index is -3.47. The second kappa shape index (κ2) is 7.67. The first kappa shape index (κ1) is 19.1. The van der Waals surface area contributed by atoms with Gasteiger partial charge in [-0.3, -0.25) is 0 Å². The van der Waals surface area contributed by atoms with Gasteiger partial charge in [-0.25, -0.2) is 13.4 Å². The van der Waals surface area contributed by atoms with Crippen LogP contribution in [-0.2, 0) is 22.9 Å². The van der Waals surface area contributed by atoms with Gasteiger partial charge in [-0.2, -0.15) is 9.29 Å². The maximum absolute atomic E-state index is 13.1. The van der Waals surface area contributed by atoms with E-state index in [-0.39, 0.29) is 0 Å². The molecule has 0 amide bonds. The van der Waals surface area contributed by atoms with Gasteiger partial charge in [0.05, 0.1) is 12.0 Å². The molecule has 2 aromatic rings. The molecule has 7 nitrogen and oxygen atoms in total. The first-order valence-corrected chi connectivity index (χ1v) is 11.2. The molecule has 0 bridgehead atoms. The topological polar surface area (TPSA) is 75.6 Å².